The summed E-state index contributed by atoms with van der Waals surface area (Å²) in [6, 6.07) is 2.20. The molecule has 104 valence electrons. The number of hydrogen-bond acceptors (Lipinski definition) is 4. The van der Waals surface area contributed by atoms with E-state index >= 15 is 0 Å². The molecule has 0 bridgehead atoms. The quantitative estimate of drug-likeness (QED) is 0.655. The van der Waals surface area contributed by atoms with Crippen molar-refractivity contribution in [3.05, 3.63) is 12.4 Å². The van der Waals surface area contributed by atoms with E-state index in [2.05, 4.69) is 20.6 Å². The minimum Gasteiger partial charge on any atom is -0.481 e. The second kappa shape index (κ2) is 7.23. The lowest BCUT2D eigenvalue weighted by molar-refractivity contribution is 0.397. The first-order chi connectivity index (χ1) is 9.28. The topological polar surface area (TPSA) is 59.1 Å². The van der Waals surface area contributed by atoms with Crippen molar-refractivity contribution in [2.45, 2.75) is 44.6 Å². The summed E-state index contributed by atoms with van der Waals surface area (Å²) in [5.41, 5.74) is 0. The summed E-state index contributed by atoms with van der Waals surface area (Å²) in [5.74, 6) is 1.17. The fraction of sp³-hybridized carbons (Fsp3) is 0.615. The molecule has 1 aliphatic carbocycles. The molecule has 2 N–H and O–H groups in total. The van der Waals surface area contributed by atoms with Crippen molar-refractivity contribution < 1.29 is 4.74 Å². The van der Waals surface area contributed by atoms with Gasteiger partial charge < -0.3 is 15.4 Å². The molecule has 0 aliphatic heterocycles. The van der Waals surface area contributed by atoms with Gasteiger partial charge in [-0.05, 0) is 25.1 Å². The van der Waals surface area contributed by atoms with E-state index in [-0.39, 0.29) is 0 Å². The fourth-order valence-electron chi connectivity index (χ4n) is 2.28. The van der Waals surface area contributed by atoms with Crippen molar-refractivity contribution in [3.8, 4) is 5.88 Å². The van der Waals surface area contributed by atoms with Crippen LogP contribution in [0.5, 0.6) is 5.88 Å². The molecule has 0 unspecified atom stereocenters. The van der Waals surface area contributed by atoms with E-state index in [1.165, 1.54) is 44.9 Å². The Kier molecular flexibility index (Phi) is 5.32. The van der Waals surface area contributed by atoms with Crippen molar-refractivity contribution >= 4 is 23.1 Å². The number of aromatic nitrogens is 2. The predicted octanol–water partition coefficient (Wildman–Crippen LogP) is 2.49. The van der Waals surface area contributed by atoms with Gasteiger partial charge in [0.1, 0.15) is 12.1 Å². The standard InChI is InChI=1S/C13H20N4OS/c1-18-12-8-11(14-9-15-12)17-13(19)16-10-6-4-2-3-5-7-10/h8-10H,2-7H2,1H3,(H2,14,15,16,17,19). The van der Waals surface area contributed by atoms with Gasteiger partial charge in [0.05, 0.1) is 7.11 Å². The Morgan fingerprint density at radius 3 is 2.68 bits per heavy atom. The summed E-state index contributed by atoms with van der Waals surface area (Å²) < 4.78 is 5.05. The van der Waals surface area contributed by atoms with Crippen LogP contribution >= 0.6 is 12.2 Å². The average molecular weight is 280 g/mol. The van der Waals surface area contributed by atoms with Gasteiger partial charge in [-0.1, -0.05) is 25.7 Å². The lowest BCUT2D eigenvalue weighted by Gasteiger charge is -2.18. The number of hydrogen-bond donors (Lipinski definition) is 2. The van der Waals surface area contributed by atoms with Gasteiger partial charge >= 0.3 is 0 Å². The number of ether oxygens (including phenoxy) is 1. The largest absolute Gasteiger partial charge is 0.481 e. The first-order valence-corrected chi connectivity index (χ1v) is 7.12. The highest BCUT2D eigenvalue weighted by Gasteiger charge is 2.13. The molecule has 0 spiro atoms. The highest BCUT2D eigenvalue weighted by molar-refractivity contribution is 7.80. The molecule has 0 saturated heterocycles. The van der Waals surface area contributed by atoms with Crippen LogP contribution in [0.4, 0.5) is 5.82 Å². The number of anilines is 1. The van der Waals surface area contributed by atoms with Crippen LogP contribution < -0.4 is 15.4 Å². The van der Waals surface area contributed by atoms with Gasteiger partial charge in [0.15, 0.2) is 5.11 Å². The second-order valence-electron chi connectivity index (χ2n) is 4.73. The summed E-state index contributed by atoms with van der Waals surface area (Å²) in [6.45, 7) is 0. The zero-order valence-electron chi connectivity index (χ0n) is 11.2. The number of nitrogens with one attached hydrogen (secondary N) is 2. The monoisotopic (exact) mass is 280 g/mol. The van der Waals surface area contributed by atoms with Crippen LogP contribution in [0.1, 0.15) is 38.5 Å². The maximum absolute atomic E-state index is 5.32. The van der Waals surface area contributed by atoms with Gasteiger partial charge in [-0.2, -0.15) is 0 Å². The Morgan fingerprint density at radius 1 is 1.26 bits per heavy atom. The molecular formula is C13H20N4OS. The average Bonchev–Trinajstić information content (AvgIpc) is 2.67. The second-order valence-corrected chi connectivity index (χ2v) is 5.14. The molecular weight excluding hydrogens is 260 g/mol. The molecule has 0 amide bonds. The lowest BCUT2D eigenvalue weighted by atomic mass is 10.1. The van der Waals surface area contributed by atoms with Gasteiger partial charge in [0.25, 0.3) is 0 Å². The Bertz CT molecular complexity index is 419. The van der Waals surface area contributed by atoms with Crippen molar-refractivity contribution in [2.24, 2.45) is 0 Å². The smallest absolute Gasteiger partial charge is 0.218 e. The summed E-state index contributed by atoms with van der Waals surface area (Å²) in [6.07, 6.45) is 9.06. The molecule has 5 nitrogen and oxygen atoms in total. The third-order valence-electron chi connectivity index (χ3n) is 3.28. The molecule has 1 aromatic heterocycles. The molecule has 1 aliphatic rings. The van der Waals surface area contributed by atoms with E-state index in [9.17, 15) is 0 Å². The predicted molar refractivity (Wildman–Crippen MR) is 79.4 cm³/mol. The zero-order valence-corrected chi connectivity index (χ0v) is 12.0. The summed E-state index contributed by atoms with van der Waals surface area (Å²) in [5, 5.41) is 7.06. The molecule has 0 atom stereocenters. The fourth-order valence-corrected chi connectivity index (χ4v) is 2.55. The Morgan fingerprint density at radius 2 is 2.00 bits per heavy atom. The van der Waals surface area contributed by atoms with E-state index in [1.807, 2.05) is 0 Å². The number of methoxy groups -OCH3 is 1. The van der Waals surface area contributed by atoms with Crippen LogP contribution in [0.25, 0.3) is 0 Å². The highest BCUT2D eigenvalue weighted by Crippen LogP contribution is 2.17. The molecule has 0 aromatic carbocycles. The van der Waals surface area contributed by atoms with Crippen LogP contribution in [0.15, 0.2) is 12.4 Å². The van der Waals surface area contributed by atoms with Crippen LogP contribution in [0.2, 0.25) is 0 Å². The molecule has 2 rings (SSSR count). The van der Waals surface area contributed by atoms with Crippen LogP contribution in [-0.2, 0) is 0 Å². The van der Waals surface area contributed by atoms with Gasteiger partial charge in [-0.3, -0.25) is 0 Å². The van der Waals surface area contributed by atoms with Crippen molar-refractivity contribution in [1.82, 2.24) is 15.3 Å². The minimum absolute atomic E-state index is 0.478. The van der Waals surface area contributed by atoms with Gasteiger partial charge in [-0.15, -0.1) is 0 Å². The lowest BCUT2D eigenvalue weighted by Crippen LogP contribution is -2.37. The van der Waals surface area contributed by atoms with Crippen LogP contribution in [-0.4, -0.2) is 28.2 Å². The SMILES string of the molecule is COc1cc(NC(=S)NC2CCCCCC2)ncn1. The molecule has 1 aromatic rings. The Hall–Kier alpha value is -1.43. The van der Waals surface area contributed by atoms with Crippen molar-refractivity contribution in [1.29, 1.82) is 0 Å². The van der Waals surface area contributed by atoms with Gasteiger partial charge in [0.2, 0.25) is 5.88 Å². The normalized spacial score (nSPS) is 16.5. The van der Waals surface area contributed by atoms with Crippen LogP contribution in [0.3, 0.4) is 0 Å². The first-order valence-electron chi connectivity index (χ1n) is 6.71. The Labute approximate surface area is 119 Å². The zero-order chi connectivity index (χ0) is 13.5. The highest BCUT2D eigenvalue weighted by atomic mass is 32.1. The van der Waals surface area contributed by atoms with Crippen molar-refractivity contribution in [3.63, 3.8) is 0 Å². The molecule has 19 heavy (non-hydrogen) atoms. The molecule has 1 saturated carbocycles. The molecule has 1 fully saturated rings. The number of nitrogens with zero attached hydrogens (tertiary/aromatic N) is 2. The van der Waals surface area contributed by atoms with Crippen LogP contribution in [0, 0.1) is 0 Å². The number of thiocarbonyl (C=S) groups is 1. The van der Waals surface area contributed by atoms with E-state index in [4.69, 9.17) is 17.0 Å². The third-order valence-corrected chi connectivity index (χ3v) is 3.50. The molecule has 0 radical (unpaired) electrons. The summed E-state index contributed by atoms with van der Waals surface area (Å²) in [4.78, 5) is 8.07. The van der Waals surface area contributed by atoms with E-state index in [0.29, 0.717) is 22.9 Å². The van der Waals surface area contributed by atoms with E-state index in [1.54, 1.807) is 13.2 Å². The van der Waals surface area contributed by atoms with E-state index < -0.39 is 0 Å². The maximum Gasteiger partial charge on any atom is 0.218 e. The van der Waals surface area contributed by atoms with Crippen molar-refractivity contribution in [2.75, 3.05) is 12.4 Å². The minimum atomic E-state index is 0.478. The van der Waals surface area contributed by atoms with Gasteiger partial charge in [-0.25, -0.2) is 9.97 Å². The summed E-state index contributed by atoms with van der Waals surface area (Å²) in [7, 11) is 1.58. The molecule has 1 heterocycles. The summed E-state index contributed by atoms with van der Waals surface area (Å²) >= 11 is 5.32. The Balaban J connectivity index is 1.85. The maximum atomic E-state index is 5.32. The first kappa shape index (κ1) is 14.0. The third kappa shape index (κ3) is 4.63. The van der Waals surface area contributed by atoms with E-state index in [0.717, 1.165) is 0 Å². The molecule has 6 heteroatoms. The van der Waals surface area contributed by atoms with Gasteiger partial charge in [0, 0.05) is 12.1 Å². The number of rotatable bonds is 3.